The second-order valence-electron chi connectivity index (χ2n) is 2.36. The van der Waals surface area contributed by atoms with E-state index in [0.717, 1.165) is 16.8 Å². The Kier molecular flexibility index (Phi) is 3.55. The fourth-order valence-corrected chi connectivity index (χ4v) is 0.551. The summed E-state index contributed by atoms with van der Waals surface area (Å²) in [5, 5.41) is 0. The Morgan fingerprint density at radius 1 is 1.40 bits per heavy atom. The molecular weight excluding hydrogens is 122 g/mol. The van der Waals surface area contributed by atoms with Crippen LogP contribution < -0.4 is 5.73 Å². The Morgan fingerprint density at radius 3 is 2.20 bits per heavy atom. The topological polar surface area (TPSA) is 26.0 Å². The smallest absolute Gasteiger partial charge is 0.0342 e. The highest BCUT2D eigenvalue weighted by Crippen LogP contribution is 2.08. The molecule has 0 aliphatic carbocycles. The quantitative estimate of drug-likeness (QED) is 0.581. The first-order valence-electron chi connectivity index (χ1n) is 3.34. The lowest BCUT2D eigenvalue weighted by Gasteiger charge is -2.01. The molecule has 0 atom stereocenters. The first kappa shape index (κ1) is 9.02. The highest BCUT2D eigenvalue weighted by molar-refractivity contribution is 5.33. The van der Waals surface area contributed by atoms with Gasteiger partial charge in [-0.05, 0) is 32.4 Å². The number of hydrogen-bond donors (Lipinski definition) is 1. The molecule has 0 aromatic heterocycles. The van der Waals surface area contributed by atoms with Crippen LogP contribution in [-0.2, 0) is 0 Å². The van der Waals surface area contributed by atoms with Gasteiger partial charge in [0.05, 0.1) is 0 Å². The maximum atomic E-state index is 5.66. The summed E-state index contributed by atoms with van der Waals surface area (Å²) >= 11 is 0. The zero-order valence-corrected chi connectivity index (χ0v) is 6.94. The van der Waals surface area contributed by atoms with Gasteiger partial charge in [0.15, 0.2) is 0 Å². The summed E-state index contributed by atoms with van der Waals surface area (Å²) in [6.07, 6.45) is 3.80. The van der Waals surface area contributed by atoms with Crippen LogP contribution in [0.15, 0.2) is 35.6 Å². The van der Waals surface area contributed by atoms with E-state index in [2.05, 4.69) is 6.58 Å². The van der Waals surface area contributed by atoms with Gasteiger partial charge in [-0.15, -0.1) is 0 Å². The van der Waals surface area contributed by atoms with Crippen LogP contribution in [0.5, 0.6) is 0 Å². The molecule has 0 aliphatic rings. The van der Waals surface area contributed by atoms with E-state index in [-0.39, 0.29) is 0 Å². The predicted octanol–water partition coefficient (Wildman–Crippen LogP) is 2.37. The molecule has 0 spiro atoms. The predicted molar refractivity (Wildman–Crippen MR) is 46.5 cm³/mol. The first-order chi connectivity index (χ1) is 4.59. The average Bonchev–Trinajstić information content (AvgIpc) is 1.87. The molecule has 1 heteroatoms. The molecule has 2 N–H and O–H groups in total. The number of rotatable bonds is 2. The van der Waals surface area contributed by atoms with Gasteiger partial charge in [0, 0.05) is 5.70 Å². The molecule has 0 rings (SSSR count). The third kappa shape index (κ3) is 2.53. The largest absolute Gasteiger partial charge is 0.399 e. The van der Waals surface area contributed by atoms with Gasteiger partial charge in [0.2, 0.25) is 0 Å². The van der Waals surface area contributed by atoms with Gasteiger partial charge in [0.1, 0.15) is 0 Å². The third-order valence-corrected chi connectivity index (χ3v) is 1.42. The summed E-state index contributed by atoms with van der Waals surface area (Å²) in [6, 6.07) is 0. The summed E-state index contributed by atoms with van der Waals surface area (Å²) in [5.41, 5.74) is 8.55. The number of nitrogens with two attached hydrogens (primary N) is 1. The van der Waals surface area contributed by atoms with Crippen molar-refractivity contribution in [1.29, 1.82) is 0 Å². The molecule has 0 aliphatic heterocycles. The van der Waals surface area contributed by atoms with Gasteiger partial charge in [-0.1, -0.05) is 18.2 Å². The van der Waals surface area contributed by atoms with Crippen LogP contribution in [0, 0.1) is 0 Å². The first-order valence-corrected chi connectivity index (χ1v) is 3.34. The zero-order valence-electron chi connectivity index (χ0n) is 6.94. The molecule has 0 saturated carbocycles. The maximum Gasteiger partial charge on any atom is 0.0342 e. The lowest BCUT2D eigenvalue weighted by molar-refractivity contribution is 1.25. The minimum Gasteiger partial charge on any atom is -0.399 e. The minimum absolute atomic E-state index is 0.801. The van der Waals surface area contributed by atoms with Crippen LogP contribution in [0.3, 0.4) is 0 Å². The molecule has 0 bridgehead atoms. The second kappa shape index (κ2) is 3.94. The molecule has 0 radical (unpaired) electrons. The van der Waals surface area contributed by atoms with E-state index >= 15 is 0 Å². The average molecular weight is 137 g/mol. The second-order valence-corrected chi connectivity index (χ2v) is 2.36. The molecule has 0 fully saturated rings. The lowest BCUT2D eigenvalue weighted by Crippen LogP contribution is -1.97. The van der Waals surface area contributed by atoms with Gasteiger partial charge in [-0.2, -0.15) is 0 Å². The molecule has 56 valence electrons. The summed E-state index contributed by atoms with van der Waals surface area (Å²) < 4.78 is 0. The van der Waals surface area contributed by atoms with Crippen LogP contribution in [0.25, 0.3) is 0 Å². The number of hydrogen-bond acceptors (Lipinski definition) is 1. The lowest BCUT2D eigenvalue weighted by atomic mass is 10.1. The summed E-state index contributed by atoms with van der Waals surface area (Å²) in [6.45, 7) is 9.65. The summed E-state index contributed by atoms with van der Waals surface area (Å²) in [7, 11) is 0. The minimum atomic E-state index is 0.801. The van der Waals surface area contributed by atoms with E-state index in [1.54, 1.807) is 0 Å². The zero-order chi connectivity index (χ0) is 8.15. The molecule has 0 saturated heterocycles. The van der Waals surface area contributed by atoms with Crippen molar-refractivity contribution >= 4 is 0 Å². The Morgan fingerprint density at radius 2 is 1.90 bits per heavy atom. The van der Waals surface area contributed by atoms with Gasteiger partial charge < -0.3 is 5.73 Å². The summed E-state index contributed by atoms with van der Waals surface area (Å²) in [5.74, 6) is 0. The Bertz CT molecular complexity index is 185. The molecule has 1 nitrogen and oxygen atoms in total. The van der Waals surface area contributed by atoms with Crippen molar-refractivity contribution in [2.75, 3.05) is 0 Å². The van der Waals surface area contributed by atoms with Crippen molar-refractivity contribution in [3.05, 3.63) is 35.6 Å². The normalized spacial score (nSPS) is 13.5. The van der Waals surface area contributed by atoms with Crippen LogP contribution in [0.1, 0.15) is 20.8 Å². The highest BCUT2D eigenvalue weighted by atomic mass is 14.6. The fraction of sp³-hybridized carbons (Fsp3) is 0.333. The third-order valence-electron chi connectivity index (χ3n) is 1.42. The number of allylic oxidation sites excluding steroid dienone is 4. The monoisotopic (exact) mass is 137 g/mol. The van der Waals surface area contributed by atoms with Crippen molar-refractivity contribution in [3.63, 3.8) is 0 Å². The molecule has 0 heterocycles. The van der Waals surface area contributed by atoms with Gasteiger partial charge in [0.25, 0.3) is 0 Å². The van der Waals surface area contributed by atoms with Crippen molar-refractivity contribution in [3.8, 4) is 0 Å². The Hall–Kier alpha value is -0.980. The van der Waals surface area contributed by atoms with E-state index in [9.17, 15) is 0 Å². The summed E-state index contributed by atoms with van der Waals surface area (Å²) in [4.78, 5) is 0. The Labute approximate surface area is 62.9 Å². The van der Waals surface area contributed by atoms with Crippen molar-refractivity contribution in [1.82, 2.24) is 0 Å². The van der Waals surface area contributed by atoms with Crippen molar-refractivity contribution in [2.45, 2.75) is 20.8 Å². The van der Waals surface area contributed by atoms with Gasteiger partial charge in [-0.3, -0.25) is 0 Å². The van der Waals surface area contributed by atoms with Crippen molar-refractivity contribution < 1.29 is 0 Å². The highest BCUT2D eigenvalue weighted by Gasteiger charge is 1.92. The standard InChI is InChI=1S/C9H15N/c1-5-6-9(10)8(4)7(2)3/h5-6H,2,10H2,1,3-4H3/b6-5-,9-8+. The fourth-order valence-electron chi connectivity index (χ4n) is 0.551. The van der Waals surface area contributed by atoms with Gasteiger partial charge in [-0.25, -0.2) is 0 Å². The van der Waals surface area contributed by atoms with E-state index in [0.29, 0.717) is 0 Å². The van der Waals surface area contributed by atoms with Crippen LogP contribution >= 0.6 is 0 Å². The SMILES string of the molecule is C=C(C)/C(C)=C(N)\C=C/C. The molecular formula is C9H15N. The molecule has 0 amide bonds. The van der Waals surface area contributed by atoms with E-state index in [1.165, 1.54) is 0 Å². The van der Waals surface area contributed by atoms with Crippen LogP contribution in [-0.4, -0.2) is 0 Å². The van der Waals surface area contributed by atoms with E-state index < -0.39 is 0 Å². The van der Waals surface area contributed by atoms with Crippen LogP contribution in [0.2, 0.25) is 0 Å². The van der Waals surface area contributed by atoms with Crippen molar-refractivity contribution in [2.24, 2.45) is 5.73 Å². The maximum absolute atomic E-state index is 5.66. The Balaban J connectivity index is 4.50. The molecule has 0 aromatic rings. The van der Waals surface area contributed by atoms with Gasteiger partial charge >= 0.3 is 0 Å². The molecule has 0 unspecified atom stereocenters. The van der Waals surface area contributed by atoms with E-state index in [4.69, 9.17) is 5.73 Å². The molecule has 0 aromatic carbocycles. The van der Waals surface area contributed by atoms with E-state index in [1.807, 2.05) is 32.9 Å². The van der Waals surface area contributed by atoms with Crippen LogP contribution in [0.4, 0.5) is 0 Å². The molecule has 10 heavy (non-hydrogen) atoms.